The summed E-state index contributed by atoms with van der Waals surface area (Å²) in [4.78, 5) is 4.31. The monoisotopic (exact) mass is 290 g/mol. The van der Waals surface area contributed by atoms with Crippen molar-refractivity contribution >= 4 is 16.5 Å². The minimum atomic E-state index is -0.268. The van der Waals surface area contributed by atoms with Gasteiger partial charge in [0.2, 0.25) is 0 Å². The van der Waals surface area contributed by atoms with E-state index in [1.54, 1.807) is 12.1 Å². The Morgan fingerprint density at radius 2 is 2.05 bits per heavy atom. The summed E-state index contributed by atoms with van der Waals surface area (Å²) in [5.41, 5.74) is 8.20. The zero-order chi connectivity index (χ0) is 14.1. The molecule has 0 amide bonds. The molecule has 5 nitrogen and oxygen atoms in total. The number of nitrogens with two attached hydrogens (primary N) is 1. The Kier molecular flexibility index (Phi) is 3.19. The number of nitrogen functional groups attached to an aromatic ring is 1. The molecule has 20 heavy (non-hydrogen) atoms. The maximum absolute atomic E-state index is 12.8. The van der Waals surface area contributed by atoms with Crippen LogP contribution in [-0.4, -0.2) is 14.5 Å². The van der Waals surface area contributed by atoms with Crippen LogP contribution < -0.4 is 5.73 Å². The Labute approximate surface area is 118 Å². The molecule has 3 aromatic rings. The van der Waals surface area contributed by atoms with E-state index in [0.29, 0.717) is 28.7 Å². The molecule has 0 aliphatic carbocycles. The smallest absolute Gasteiger partial charge is 0.262 e. The molecule has 3 rings (SSSR count). The van der Waals surface area contributed by atoms with Gasteiger partial charge in [0, 0.05) is 6.42 Å². The van der Waals surface area contributed by atoms with Crippen molar-refractivity contribution in [3.8, 4) is 11.5 Å². The van der Waals surface area contributed by atoms with Crippen LogP contribution in [0.2, 0.25) is 0 Å². The third kappa shape index (κ3) is 2.39. The highest BCUT2D eigenvalue weighted by Gasteiger charge is 2.17. The standard InChI is InChI=1S/C13H11FN4OS/c1-7-11(12(15)20-18-7)13-16-10(17-19-13)6-8-2-4-9(14)5-3-8/h2-5H,6,15H2,1H3. The van der Waals surface area contributed by atoms with Crippen LogP contribution in [0.25, 0.3) is 11.5 Å². The second kappa shape index (κ2) is 5.01. The van der Waals surface area contributed by atoms with E-state index >= 15 is 0 Å². The molecule has 2 N–H and O–H groups in total. The average Bonchev–Trinajstić information content (AvgIpc) is 3.00. The molecule has 0 aliphatic rings. The zero-order valence-electron chi connectivity index (χ0n) is 10.6. The van der Waals surface area contributed by atoms with E-state index in [-0.39, 0.29) is 5.82 Å². The number of aromatic nitrogens is 3. The number of rotatable bonds is 3. The van der Waals surface area contributed by atoms with Gasteiger partial charge in [0.1, 0.15) is 10.8 Å². The van der Waals surface area contributed by atoms with Gasteiger partial charge in [-0.2, -0.15) is 9.36 Å². The first-order valence-corrected chi connectivity index (χ1v) is 6.70. The molecule has 0 aliphatic heterocycles. The van der Waals surface area contributed by atoms with Gasteiger partial charge in [0.05, 0.1) is 11.3 Å². The van der Waals surface area contributed by atoms with Crippen LogP contribution >= 0.6 is 11.5 Å². The highest BCUT2D eigenvalue weighted by molar-refractivity contribution is 7.10. The van der Waals surface area contributed by atoms with Crippen molar-refractivity contribution in [2.75, 3.05) is 5.73 Å². The number of halogens is 1. The molecule has 1 aromatic carbocycles. The normalized spacial score (nSPS) is 10.9. The molecule has 0 radical (unpaired) electrons. The van der Waals surface area contributed by atoms with Crippen molar-refractivity contribution in [2.45, 2.75) is 13.3 Å². The quantitative estimate of drug-likeness (QED) is 0.802. The van der Waals surface area contributed by atoms with Crippen molar-refractivity contribution < 1.29 is 8.91 Å². The van der Waals surface area contributed by atoms with E-state index in [1.807, 2.05) is 6.92 Å². The van der Waals surface area contributed by atoms with Gasteiger partial charge >= 0.3 is 0 Å². The summed E-state index contributed by atoms with van der Waals surface area (Å²) in [6, 6.07) is 6.19. The maximum atomic E-state index is 12.8. The molecule has 0 unspecified atom stereocenters. The third-order valence-corrected chi connectivity index (χ3v) is 3.61. The van der Waals surface area contributed by atoms with E-state index in [9.17, 15) is 4.39 Å². The molecule has 7 heteroatoms. The predicted octanol–water partition coefficient (Wildman–Crippen LogP) is 2.81. The first-order valence-electron chi connectivity index (χ1n) is 5.92. The fourth-order valence-corrected chi connectivity index (χ4v) is 2.51. The summed E-state index contributed by atoms with van der Waals surface area (Å²) in [5.74, 6) is 0.623. The second-order valence-electron chi connectivity index (χ2n) is 4.33. The number of nitrogens with zero attached hydrogens (tertiary/aromatic N) is 3. The van der Waals surface area contributed by atoms with Crippen LogP contribution in [0.1, 0.15) is 17.1 Å². The van der Waals surface area contributed by atoms with E-state index in [1.165, 1.54) is 23.7 Å². The van der Waals surface area contributed by atoms with E-state index < -0.39 is 0 Å². The summed E-state index contributed by atoms with van der Waals surface area (Å²) in [6.45, 7) is 1.84. The zero-order valence-corrected chi connectivity index (χ0v) is 11.4. The summed E-state index contributed by atoms with van der Waals surface area (Å²) in [6.07, 6.45) is 0.473. The van der Waals surface area contributed by atoms with Crippen molar-refractivity contribution in [3.63, 3.8) is 0 Å². The predicted molar refractivity (Wildman–Crippen MR) is 73.8 cm³/mol. The van der Waals surface area contributed by atoms with Crippen molar-refractivity contribution in [3.05, 3.63) is 47.2 Å². The molecule has 2 heterocycles. The molecule has 2 aromatic heterocycles. The first kappa shape index (κ1) is 12.7. The fourth-order valence-electron chi connectivity index (χ4n) is 1.86. The van der Waals surface area contributed by atoms with Crippen LogP contribution in [0.5, 0.6) is 0 Å². The number of anilines is 1. The Hall–Kier alpha value is -2.28. The van der Waals surface area contributed by atoms with Gasteiger partial charge in [0.15, 0.2) is 5.82 Å². The highest BCUT2D eigenvalue weighted by Crippen LogP contribution is 2.31. The summed E-state index contributed by atoms with van der Waals surface area (Å²) in [5, 5.41) is 4.47. The van der Waals surface area contributed by atoms with Gasteiger partial charge in [-0.1, -0.05) is 17.3 Å². The van der Waals surface area contributed by atoms with E-state index in [4.69, 9.17) is 10.3 Å². The number of benzene rings is 1. The van der Waals surface area contributed by atoms with Crippen LogP contribution in [0.4, 0.5) is 9.39 Å². The van der Waals surface area contributed by atoms with E-state index in [2.05, 4.69) is 14.5 Å². The largest absolute Gasteiger partial charge is 0.389 e. The fraction of sp³-hybridized carbons (Fsp3) is 0.154. The Morgan fingerprint density at radius 3 is 2.70 bits per heavy atom. The summed E-state index contributed by atoms with van der Waals surface area (Å²) < 4.78 is 22.2. The summed E-state index contributed by atoms with van der Waals surface area (Å²) in [7, 11) is 0. The van der Waals surface area contributed by atoms with Gasteiger partial charge in [-0.25, -0.2) is 4.39 Å². The van der Waals surface area contributed by atoms with Crippen molar-refractivity contribution in [1.29, 1.82) is 0 Å². The van der Waals surface area contributed by atoms with Crippen LogP contribution in [0, 0.1) is 12.7 Å². The molecule has 102 valence electrons. The van der Waals surface area contributed by atoms with Gasteiger partial charge < -0.3 is 10.3 Å². The Balaban J connectivity index is 1.85. The number of aryl methyl sites for hydroxylation is 1. The van der Waals surface area contributed by atoms with E-state index in [0.717, 1.165) is 11.3 Å². The lowest BCUT2D eigenvalue weighted by Crippen LogP contribution is -1.91. The number of hydrogen-bond donors (Lipinski definition) is 1. The molecular weight excluding hydrogens is 279 g/mol. The maximum Gasteiger partial charge on any atom is 0.262 e. The minimum Gasteiger partial charge on any atom is -0.389 e. The molecule has 0 fully saturated rings. The highest BCUT2D eigenvalue weighted by atomic mass is 32.1. The lowest BCUT2D eigenvalue weighted by Gasteiger charge is -1.95. The topological polar surface area (TPSA) is 77.8 Å². The first-order chi connectivity index (χ1) is 9.63. The SMILES string of the molecule is Cc1nsc(N)c1-c1nc(Cc2ccc(F)cc2)no1. The molecule has 0 saturated heterocycles. The van der Waals surface area contributed by atoms with Crippen molar-refractivity contribution in [1.82, 2.24) is 14.5 Å². The van der Waals surface area contributed by atoms with Gasteiger partial charge in [0.25, 0.3) is 5.89 Å². The Bertz CT molecular complexity index is 716. The lowest BCUT2D eigenvalue weighted by atomic mass is 10.1. The third-order valence-electron chi connectivity index (χ3n) is 2.85. The lowest BCUT2D eigenvalue weighted by molar-refractivity contribution is 0.424. The van der Waals surface area contributed by atoms with Crippen LogP contribution in [-0.2, 0) is 6.42 Å². The molecular formula is C13H11FN4OS. The molecule has 0 saturated carbocycles. The van der Waals surface area contributed by atoms with Crippen molar-refractivity contribution in [2.24, 2.45) is 0 Å². The van der Waals surface area contributed by atoms with Crippen LogP contribution in [0.15, 0.2) is 28.8 Å². The summed E-state index contributed by atoms with van der Waals surface area (Å²) >= 11 is 1.20. The van der Waals surface area contributed by atoms with Gasteiger partial charge in [-0.15, -0.1) is 0 Å². The van der Waals surface area contributed by atoms with Crippen LogP contribution in [0.3, 0.4) is 0 Å². The molecule has 0 bridgehead atoms. The molecule has 0 spiro atoms. The van der Waals surface area contributed by atoms with Gasteiger partial charge in [-0.05, 0) is 36.2 Å². The second-order valence-corrected chi connectivity index (χ2v) is 5.13. The average molecular weight is 290 g/mol. The Morgan fingerprint density at radius 1 is 1.30 bits per heavy atom. The number of hydrogen-bond acceptors (Lipinski definition) is 6. The van der Waals surface area contributed by atoms with Gasteiger partial charge in [-0.3, -0.25) is 0 Å². The molecule has 0 atom stereocenters. The minimum absolute atomic E-state index is 0.268.